The lowest BCUT2D eigenvalue weighted by Crippen LogP contribution is -2.55. The second kappa shape index (κ2) is 11.2. The second-order valence-corrected chi connectivity index (χ2v) is 11.1. The second-order valence-electron chi connectivity index (χ2n) is 8.22. The standard InChI is InChI=1S/C24H31N3O4S2/c1-18-7-9-21(10-8-18)33(30,31)27-14-12-26(13-15-27)24(29)22(11-16-32-3)25-23(28)20-6-4-5-19(2)17-20/h4-10,17,22H,11-16H2,1-3H3,(H,25,28)/t22-/m1/s1. The third-order valence-corrected chi connectivity index (χ3v) is 8.26. The van der Waals surface area contributed by atoms with Crippen LogP contribution >= 0.6 is 11.8 Å². The van der Waals surface area contributed by atoms with E-state index in [1.54, 1.807) is 53.1 Å². The van der Waals surface area contributed by atoms with E-state index in [4.69, 9.17) is 0 Å². The lowest BCUT2D eigenvalue weighted by atomic mass is 10.1. The summed E-state index contributed by atoms with van der Waals surface area (Å²) in [5.74, 6) is 0.280. The molecule has 9 heteroatoms. The van der Waals surface area contributed by atoms with Crippen LogP contribution in [-0.2, 0) is 14.8 Å². The fourth-order valence-electron chi connectivity index (χ4n) is 3.75. The number of hydrogen-bond acceptors (Lipinski definition) is 5. The quantitative estimate of drug-likeness (QED) is 0.616. The third kappa shape index (κ3) is 6.37. The first-order chi connectivity index (χ1) is 15.7. The van der Waals surface area contributed by atoms with Gasteiger partial charge >= 0.3 is 0 Å². The molecule has 33 heavy (non-hydrogen) atoms. The van der Waals surface area contributed by atoms with E-state index in [2.05, 4.69) is 5.32 Å². The third-order valence-electron chi connectivity index (χ3n) is 5.70. The molecule has 0 bridgehead atoms. The van der Waals surface area contributed by atoms with Gasteiger partial charge in [-0.25, -0.2) is 8.42 Å². The molecule has 7 nitrogen and oxygen atoms in total. The molecule has 1 fully saturated rings. The molecule has 0 saturated carbocycles. The monoisotopic (exact) mass is 489 g/mol. The van der Waals surface area contributed by atoms with E-state index in [-0.39, 0.29) is 29.8 Å². The lowest BCUT2D eigenvalue weighted by molar-refractivity contribution is -0.134. The zero-order valence-corrected chi connectivity index (χ0v) is 20.9. The van der Waals surface area contributed by atoms with Gasteiger partial charge in [-0.3, -0.25) is 9.59 Å². The molecule has 0 spiro atoms. The highest BCUT2D eigenvalue weighted by Crippen LogP contribution is 2.19. The van der Waals surface area contributed by atoms with Crippen LogP contribution in [0.5, 0.6) is 0 Å². The molecule has 1 N–H and O–H groups in total. The van der Waals surface area contributed by atoms with Crippen molar-refractivity contribution in [3.8, 4) is 0 Å². The smallest absolute Gasteiger partial charge is 0.251 e. The van der Waals surface area contributed by atoms with Crippen LogP contribution in [0.4, 0.5) is 0 Å². The predicted molar refractivity (Wildman–Crippen MR) is 132 cm³/mol. The van der Waals surface area contributed by atoms with E-state index in [0.29, 0.717) is 25.1 Å². The Hall–Kier alpha value is -2.36. The van der Waals surface area contributed by atoms with Crippen molar-refractivity contribution in [2.45, 2.75) is 31.2 Å². The number of thioether (sulfide) groups is 1. The predicted octanol–water partition coefficient (Wildman–Crippen LogP) is 2.69. The van der Waals surface area contributed by atoms with Gasteiger partial charge in [0.05, 0.1) is 4.90 Å². The number of rotatable bonds is 8. The highest BCUT2D eigenvalue weighted by Gasteiger charge is 2.33. The maximum Gasteiger partial charge on any atom is 0.251 e. The molecule has 1 aliphatic rings. The van der Waals surface area contributed by atoms with E-state index in [1.807, 2.05) is 32.2 Å². The van der Waals surface area contributed by atoms with Gasteiger partial charge in [0.1, 0.15) is 6.04 Å². The fourth-order valence-corrected chi connectivity index (χ4v) is 5.64. The highest BCUT2D eigenvalue weighted by atomic mass is 32.2. The van der Waals surface area contributed by atoms with Crippen molar-refractivity contribution in [3.63, 3.8) is 0 Å². The van der Waals surface area contributed by atoms with Crippen LogP contribution in [0.25, 0.3) is 0 Å². The van der Waals surface area contributed by atoms with E-state index in [0.717, 1.165) is 16.9 Å². The Morgan fingerprint density at radius 2 is 1.67 bits per heavy atom. The Kier molecular flexibility index (Phi) is 8.56. The molecule has 1 saturated heterocycles. The normalized spacial score (nSPS) is 15.8. The molecule has 0 unspecified atom stereocenters. The van der Waals surface area contributed by atoms with Gasteiger partial charge in [0.2, 0.25) is 15.9 Å². The summed E-state index contributed by atoms with van der Waals surface area (Å²) in [6.45, 7) is 4.86. The molecule has 3 rings (SSSR count). The molecule has 2 amide bonds. The largest absolute Gasteiger partial charge is 0.340 e. The SMILES string of the molecule is CSCC[C@@H](NC(=O)c1cccc(C)c1)C(=O)N1CCN(S(=O)(=O)c2ccc(C)cc2)CC1. The van der Waals surface area contributed by atoms with E-state index in [9.17, 15) is 18.0 Å². The number of carbonyl (C=O) groups excluding carboxylic acids is 2. The van der Waals surface area contributed by atoms with Gasteiger partial charge < -0.3 is 10.2 Å². The van der Waals surface area contributed by atoms with Crippen molar-refractivity contribution in [3.05, 3.63) is 65.2 Å². The zero-order valence-electron chi connectivity index (χ0n) is 19.3. The molecule has 1 atom stereocenters. The van der Waals surface area contributed by atoms with Crippen LogP contribution in [0.3, 0.4) is 0 Å². The van der Waals surface area contributed by atoms with Crippen molar-refractivity contribution in [1.82, 2.24) is 14.5 Å². The number of amides is 2. The van der Waals surface area contributed by atoms with Crippen molar-refractivity contribution in [2.75, 3.05) is 38.2 Å². The summed E-state index contributed by atoms with van der Waals surface area (Å²) in [5.41, 5.74) is 2.49. The first kappa shape index (κ1) is 25.3. The average molecular weight is 490 g/mol. The molecular formula is C24H31N3O4S2. The summed E-state index contributed by atoms with van der Waals surface area (Å²) in [6.07, 6.45) is 2.47. The Bertz CT molecular complexity index is 1080. The summed E-state index contributed by atoms with van der Waals surface area (Å²) >= 11 is 1.61. The topological polar surface area (TPSA) is 86.8 Å². The van der Waals surface area contributed by atoms with Gasteiger partial charge in [0, 0.05) is 31.7 Å². The van der Waals surface area contributed by atoms with Crippen LogP contribution < -0.4 is 5.32 Å². The molecule has 0 aromatic heterocycles. The van der Waals surface area contributed by atoms with E-state index >= 15 is 0 Å². The number of sulfonamides is 1. The summed E-state index contributed by atoms with van der Waals surface area (Å²) in [5, 5.41) is 2.89. The molecule has 0 radical (unpaired) electrons. The maximum absolute atomic E-state index is 13.2. The van der Waals surface area contributed by atoms with Gasteiger partial charge in [-0.2, -0.15) is 16.1 Å². The molecule has 1 heterocycles. The van der Waals surface area contributed by atoms with Gasteiger partial charge in [0.25, 0.3) is 5.91 Å². The van der Waals surface area contributed by atoms with Crippen LogP contribution in [-0.4, -0.2) is 73.7 Å². The average Bonchev–Trinajstić information content (AvgIpc) is 2.81. The Morgan fingerprint density at radius 3 is 2.27 bits per heavy atom. The van der Waals surface area contributed by atoms with Crippen molar-refractivity contribution in [2.24, 2.45) is 0 Å². The van der Waals surface area contributed by atoms with Crippen LogP contribution in [0.1, 0.15) is 27.9 Å². The molecule has 2 aromatic carbocycles. The summed E-state index contributed by atoms with van der Waals surface area (Å²) in [6, 6.07) is 13.4. The lowest BCUT2D eigenvalue weighted by Gasteiger charge is -2.36. The first-order valence-electron chi connectivity index (χ1n) is 10.9. The van der Waals surface area contributed by atoms with Gasteiger partial charge in [-0.05, 0) is 56.5 Å². The van der Waals surface area contributed by atoms with Crippen LogP contribution in [0.15, 0.2) is 53.4 Å². The molecule has 2 aromatic rings. The van der Waals surface area contributed by atoms with Gasteiger partial charge in [0.15, 0.2) is 0 Å². The number of carbonyl (C=O) groups is 2. The molecular weight excluding hydrogens is 458 g/mol. The van der Waals surface area contributed by atoms with Crippen LogP contribution in [0, 0.1) is 13.8 Å². The number of nitrogens with zero attached hydrogens (tertiary/aromatic N) is 2. The minimum Gasteiger partial charge on any atom is -0.340 e. The summed E-state index contributed by atoms with van der Waals surface area (Å²) in [4.78, 5) is 27.9. The summed E-state index contributed by atoms with van der Waals surface area (Å²) < 4.78 is 27.3. The van der Waals surface area contributed by atoms with Gasteiger partial charge in [-0.1, -0.05) is 35.4 Å². The van der Waals surface area contributed by atoms with Crippen molar-refractivity contribution < 1.29 is 18.0 Å². The van der Waals surface area contributed by atoms with Crippen LogP contribution in [0.2, 0.25) is 0 Å². The maximum atomic E-state index is 13.2. The van der Waals surface area contributed by atoms with Crippen molar-refractivity contribution >= 4 is 33.6 Å². The van der Waals surface area contributed by atoms with E-state index in [1.165, 1.54) is 4.31 Å². The Labute approximate surface area is 200 Å². The minimum absolute atomic E-state index is 0.169. The Balaban J connectivity index is 1.65. The fraction of sp³-hybridized carbons (Fsp3) is 0.417. The number of hydrogen-bond donors (Lipinski definition) is 1. The number of aryl methyl sites for hydroxylation is 2. The van der Waals surface area contributed by atoms with Crippen molar-refractivity contribution in [1.29, 1.82) is 0 Å². The molecule has 1 aliphatic heterocycles. The molecule has 178 valence electrons. The highest BCUT2D eigenvalue weighted by molar-refractivity contribution is 7.98. The first-order valence-corrected chi connectivity index (χ1v) is 13.8. The number of nitrogens with one attached hydrogen (secondary N) is 1. The number of piperazine rings is 1. The van der Waals surface area contributed by atoms with Gasteiger partial charge in [-0.15, -0.1) is 0 Å². The molecule has 0 aliphatic carbocycles. The van der Waals surface area contributed by atoms with E-state index < -0.39 is 16.1 Å². The number of benzene rings is 2. The minimum atomic E-state index is -3.60. The summed E-state index contributed by atoms with van der Waals surface area (Å²) in [7, 11) is -3.60. The zero-order chi connectivity index (χ0) is 24.0. The Morgan fingerprint density at radius 1 is 1.00 bits per heavy atom.